The van der Waals surface area contributed by atoms with E-state index in [-0.39, 0.29) is 30.6 Å². The first-order valence-electron chi connectivity index (χ1n) is 10.9. The van der Waals surface area contributed by atoms with Gasteiger partial charge in [-0.15, -0.1) is 0 Å². The topological polar surface area (TPSA) is 101 Å². The third kappa shape index (κ3) is 4.69. The molecule has 1 aliphatic rings. The van der Waals surface area contributed by atoms with Gasteiger partial charge in [0.1, 0.15) is 5.82 Å². The van der Waals surface area contributed by atoms with Crippen molar-refractivity contribution in [3.05, 3.63) is 72.0 Å². The first-order valence-corrected chi connectivity index (χ1v) is 10.9. The number of amides is 3. The lowest BCUT2D eigenvalue weighted by atomic mass is 9.72. The number of hydrogen-bond donors (Lipinski definition) is 2. The number of aryl methyl sites for hydroxylation is 1. The largest absolute Gasteiger partial charge is 0.441 e. The van der Waals surface area contributed by atoms with Crippen molar-refractivity contribution < 1.29 is 23.2 Å². The van der Waals surface area contributed by atoms with Crippen molar-refractivity contribution in [2.24, 2.45) is 0 Å². The Labute approximate surface area is 190 Å². The van der Waals surface area contributed by atoms with Gasteiger partial charge in [-0.1, -0.05) is 31.2 Å². The van der Waals surface area contributed by atoms with Crippen molar-refractivity contribution in [1.82, 2.24) is 10.3 Å². The van der Waals surface area contributed by atoms with E-state index in [2.05, 4.69) is 15.6 Å². The highest BCUT2D eigenvalue weighted by molar-refractivity contribution is 6.03. The van der Waals surface area contributed by atoms with Gasteiger partial charge in [-0.3, -0.25) is 19.7 Å². The van der Waals surface area contributed by atoms with Crippen LogP contribution in [0.2, 0.25) is 0 Å². The van der Waals surface area contributed by atoms with Crippen LogP contribution in [0.1, 0.15) is 44.1 Å². The van der Waals surface area contributed by atoms with Crippen molar-refractivity contribution >= 4 is 23.4 Å². The molecule has 170 valence electrons. The van der Waals surface area contributed by atoms with Gasteiger partial charge in [0, 0.05) is 24.9 Å². The van der Waals surface area contributed by atoms with Gasteiger partial charge in [-0.2, -0.15) is 0 Å². The third-order valence-electron chi connectivity index (χ3n) is 6.05. The number of oxazole rings is 1. The summed E-state index contributed by atoms with van der Waals surface area (Å²) in [6, 6.07) is 13.4. The summed E-state index contributed by atoms with van der Waals surface area (Å²) in [5.74, 6) is -0.485. The Morgan fingerprint density at radius 2 is 1.94 bits per heavy atom. The van der Waals surface area contributed by atoms with Gasteiger partial charge < -0.3 is 9.73 Å². The predicted molar refractivity (Wildman–Crippen MR) is 120 cm³/mol. The molecule has 8 heteroatoms. The number of halogens is 1. The van der Waals surface area contributed by atoms with Gasteiger partial charge in [0.05, 0.1) is 17.2 Å². The Bertz CT molecular complexity index is 1190. The third-order valence-corrected chi connectivity index (χ3v) is 6.05. The van der Waals surface area contributed by atoms with Crippen LogP contribution in [0.25, 0.3) is 11.3 Å². The fourth-order valence-electron chi connectivity index (χ4n) is 4.09. The van der Waals surface area contributed by atoms with Gasteiger partial charge in [0.25, 0.3) is 0 Å². The molecule has 1 unspecified atom stereocenters. The molecule has 1 saturated heterocycles. The first-order chi connectivity index (χ1) is 15.9. The molecule has 1 aliphatic heterocycles. The molecule has 7 nitrogen and oxygen atoms in total. The van der Waals surface area contributed by atoms with Crippen LogP contribution in [0.5, 0.6) is 0 Å². The SMILES string of the molecule is CCC1(c2ccc(NC(=O)CCc3ncc(-c4ccccc4F)o3)cc2)CCC(=O)NC1=O. The Hall–Kier alpha value is -3.81. The van der Waals surface area contributed by atoms with Crippen molar-refractivity contribution in [3.63, 3.8) is 0 Å². The van der Waals surface area contributed by atoms with E-state index in [4.69, 9.17) is 4.42 Å². The minimum atomic E-state index is -0.739. The normalized spacial score (nSPS) is 18.1. The highest BCUT2D eigenvalue weighted by Gasteiger charge is 2.42. The summed E-state index contributed by atoms with van der Waals surface area (Å²) in [4.78, 5) is 40.5. The van der Waals surface area contributed by atoms with Crippen LogP contribution in [0.3, 0.4) is 0 Å². The Morgan fingerprint density at radius 1 is 1.18 bits per heavy atom. The van der Waals surface area contributed by atoms with Crippen LogP contribution < -0.4 is 10.6 Å². The number of anilines is 1. The second kappa shape index (κ2) is 9.36. The second-order valence-corrected chi connectivity index (χ2v) is 8.04. The molecular weight excluding hydrogens is 425 g/mol. The summed E-state index contributed by atoms with van der Waals surface area (Å²) in [5, 5.41) is 5.25. The number of rotatable bonds is 7. The molecule has 3 amide bonds. The van der Waals surface area contributed by atoms with E-state index in [1.165, 1.54) is 12.3 Å². The molecular formula is C25H24FN3O4. The van der Waals surface area contributed by atoms with Gasteiger partial charge >= 0.3 is 0 Å². The summed E-state index contributed by atoms with van der Waals surface area (Å²) < 4.78 is 19.5. The average Bonchev–Trinajstić information content (AvgIpc) is 3.28. The lowest BCUT2D eigenvalue weighted by molar-refractivity contribution is -0.138. The van der Waals surface area contributed by atoms with E-state index in [1.807, 2.05) is 19.1 Å². The van der Waals surface area contributed by atoms with Gasteiger partial charge in [-0.25, -0.2) is 9.37 Å². The molecule has 0 spiro atoms. The first kappa shape index (κ1) is 22.4. The maximum Gasteiger partial charge on any atom is 0.237 e. The average molecular weight is 449 g/mol. The second-order valence-electron chi connectivity index (χ2n) is 8.04. The molecule has 0 radical (unpaired) electrons. The maximum absolute atomic E-state index is 13.9. The van der Waals surface area contributed by atoms with Crippen LogP contribution in [0.4, 0.5) is 10.1 Å². The Balaban J connectivity index is 1.35. The zero-order chi connectivity index (χ0) is 23.4. The zero-order valence-corrected chi connectivity index (χ0v) is 18.2. The quantitative estimate of drug-likeness (QED) is 0.528. The monoisotopic (exact) mass is 449 g/mol. The van der Waals surface area contributed by atoms with Crippen LogP contribution in [-0.2, 0) is 26.2 Å². The van der Waals surface area contributed by atoms with Crippen LogP contribution in [0, 0.1) is 5.82 Å². The van der Waals surface area contributed by atoms with Crippen LogP contribution in [-0.4, -0.2) is 22.7 Å². The van der Waals surface area contributed by atoms with Crippen LogP contribution >= 0.6 is 0 Å². The number of piperidine rings is 1. The number of benzene rings is 2. The summed E-state index contributed by atoms with van der Waals surface area (Å²) in [6.07, 6.45) is 3.20. The highest BCUT2D eigenvalue weighted by atomic mass is 19.1. The molecule has 0 aliphatic carbocycles. The summed E-state index contributed by atoms with van der Waals surface area (Å²) in [5.41, 5.74) is 0.994. The number of hydrogen-bond acceptors (Lipinski definition) is 5. The van der Waals surface area contributed by atoms with E-state index in [9.17, 15) is 18.8 Å². The maximum atomic E-state index is 13.9. The Kier molecular flexibility index (Phi) is 6.35. The molecule has 0 saturated carbocycles. The van der Waals surface area contributed by atoms with Crippen molar-refractivity contribution in [3.8, 4) is 11.3 Å². The lowest BCUT2D eigenvalue weighted by Gasteiger charge is -2.35. The number of aromatic nitrogens is 1. The van der Waals surface area contributed by atoms with E-state index < -0.39 is 11.2 Å². The minimum absolute atomic E-state index is 0.141. The molecule has 2 aromatic carbocycles. The molecule has 4 rings (SSSR count). The van der Waals surface area contributed by atoms with Crippen molar-refractivity contribution in [2.45, 2.75) is 44.4 Å². The molecule has 0 bridgehead atoms. The van der Waals surface area contributed by atoms with Gasteiger partial charge in [-0.05, 0) is 42.7 Å². The lowest BCUT2D eigenvalue weighted by Crippen LogP contribution is -2.51. The van der Waals surface area contributed by atoms with E-state index >= 15 is 0 Å². The summed E-state index contributed by atoms with van der Waals surface area (Å²) in [6.45, 7) is 1.92. The van der Waals surface area contributed by atoms with E-state index in [0.717, 1.165) is 5.56 Å². The number of imide groups is 1. The Morgan fingerprint density at radius 3 is 2.64 bits per heavy atom. The fraction of sp³-hybridized carbons (Fsp3) is 0.280. The molecule has 1 fully saturated rings. The van der Waals surface area contributed by atoms with E-state index in [1.54, 1.807) is 30.3 Å². The van der Waals surface area contributed by atoms with Crippen molar-refractivity contribution in [1.29, 1.82) is 0 Å². The zero-order valence-electron chi connectivity index (χ0n) is 18.2. The molecule has 2 N–H and O–H groups in total. The fourth-order valence-corrected chi connectivity index (χ4v) is 4.09. The highest BCUT2D eigenvalue weighted by Crippen LogP contribution is 2.36. The molecule has 2 heterocycles. The minimum Gasteiger partial charge on any atom is -0.441 e. The summed E-state index contributed by atoms with van der Waals surface area (Å²) >= 11 is 0. The molecule has 1 atom stereocenters. The molecule has 33 heavy (non-hydrogen) atoms. The van der Waals surface area contributed by atoms with Crippen LogP contribution in [0.15, 0.2) is 59.1 Å². The number of carbonyl (C=O) groups excluding carboxylic acids is 3. The number of carbonyl (C=O) groups is 3. The molecule has 1 aromatic heterocycles. The smallest absolute Gasteiger partial charge is 0.237 e. The number of nitrogens with zero attached hydrogens (tertiary/aromatic N) is 1. The summed E-state index contributed by atoms with van der Waals surface area (Å²) in [7, 11) is 0. The standard InChI is InChI=1S/C25H24FN3O4/c1-2-25(14-13-22(31)29-24(25)32)16-7-9-17(10-8-16)28-21(30)11-12-23-27-15-20(33-23)18-5-3-4-6-19(18)26/h3-10,15H,2,11-14H2,1H3,(H,28,30)(H,29,31,32). The molecule has 3 aromatic rings. The van der Waals surface area contributed by atoms with Gasteiger partial charge in [0.15, 0.2) is 11.7 Å². The van der Waals surface area contributed by atoms with Gasteiger partial charge in [0.2, 0.25) is 17.7 Å². The van der Waals surface area contributed by atoms with E-state index in [0.29, 0.717) is 42.2 Å². The predicted octanol–water partition coefficient (Wildman–Crippen LogP) is 4.14. The number of nitrogens with one attached hydrogen (secondary N) is 2. The van der Waals surface area contributed by atoms with Crippen molar-refractivity contribution in [2.75, 3.05) is 5.32 Å².